The fourth-order valence-electron chi connectivity index (χ4n) is 4.29. The Kier molecular flexibility index (Phi) is 9.51. The van der Waals surface area contributed by atoms with Crippen LogP contribution in [0.15, 0.2) is 42.6 Å². The van der Waals surface area contributed by atoms with Crippen molar-refractivity contribution in [3.05, 3.63) is 48.2 Å². The minimum absolute atomic E-state index is 0.0265. The van der Waals surface area contributed by atoms with Crippen LogP contribution in [0.1, 0.15) is 44.6 Å². The number of nitrogen functional groups attached to an aromatic ring is 1. The highest BCUT2D eigenvalue weighted by Gasteiger charge is 2.29. The largest absolute Gasteiger partial charge is 0.494 e. The Bertz CT molecular complexity index is 929. The number of amides is 2. The number of aromatic nitrogens is 1. The molecule has 2 aromatic rings. The molecule has 1 saturated heterocycles. The van der Waals surface area contributed by atoms with Crippen LogP contribution in [0.5, 0.6) is 5.75 Å². The lowest BCUT2D eigenvalue weighted by atomic mass is 9.93. The summed E-state index contributed by atoms with van der Waals surface area (Å²) in [6.07, 6.45) is 5.35. The molecule has 2 amide bonds. The number of carbonyl (C=O) groups excluding carboxylic acids is 2. The molecule has 34 heavy (non-hydrogen) atoms. The molecule has 9 nitrogen and oxygen atoms in total. The van der Waals surface area contributed by atoms with E-state index in [0.29, 0.717) is 37.6 Å². The van der Waals surface area contributed by atoms with Crippen molar-refractivity contribution in [1.29, 1.82) is 0 Å². The van der Waals surface area contributed by atoms with Gasteiger partial charge >= 0.3 is 0 Å². The van der Waals surface area contributed by atoms with Crippen molar-refractivity contribution in [2.45, 2.75) is 51.5 Å². The quantitative estimate of drug-likeness (QED) is 0.294. The average molecular weight is 470 g/mol. The number of hydrogen-bond acceptors (Lipinski definition) is 7. The van der Waals surface area contributed by atoms with E-state index in [1.54, 1.807) is 23.8 Å². The van der Waals surface area contributed by atoms with Crippen LogP contribution in [0.25, 0.3) is 0 Å². The summed E-state index contributed by atoms with van der Waals surface area (Å²) in [7, 11) is 0. The predicted molar refractivity (Wildman–Crippen MR) is 130 cm³/mol. The van der Waals surface area contributed by atoms with Crippen molar-refractivity contribution in [1.82, 2.24) is 15.4 Å². The highest BCUT2D eigenvalue weighted by atomic mass is 16.5. The summed E-state index contributed by atoms with van der Waals surface area (Å²) in [6, 6.07) is 11.7. The van der Waals surface area contributed by atoms with Gasteiger partial charge in [-0.3, -0.25) is 14.8 Å². The van der Waals surface area contributed by atoms with Crippen LogP contribution in [0.4, 0.5) is 11.5 Å². The van der Waals surface area contributed by atoms with Gasteiger partial charge in [-0.05, 0) is 68.9 Å². The Morgan fingerprint density at radius 1 is 1.24 bits per heavy atom. The molecule has 0 aliphatic carbocycles. The highest BCUT2D eigenvalue weighted by molar-refractivity contribution is 5.85. The second kappa shape index (κ2) is 12.8. The highest BCUT2D eigenvalue weighted by Crippen LogP contribution is 2.23. The number of pyridine rings is 1. The molecule has 1 aromatic heterocycles. The fraction of sp³-hybridized carbons (Fsp3) is 0.480. The Balaban J connectivity index is 1.51. The Morgan fingerprint density at radius 2 is 1.97 bits per heavy atom. The molecule has 1 aromatic carbocycles. The monoisotopic (exact) mass is 469 g/mol. The normalized spacial score (nSPS) is 14.9. The second-order valence-corrected chi connectivity index (χ2v) is 8.59. The van der Waals surface area contributed by atoms with Gasteiger partial charge in [-0.2, -0.15) is 0 Å². The molecule has 1 aliphatic rings. The van der Waals surface area contributed by atoms with Gasteiger partial charge in [0, 0.05) is 37.7 Å². The standard InChI is InChI=1S/C25H35N5O4/c1-2-34-21-10-8-18(9-11-21)5-3-6-19(17-23(31)29-33)25(32)30-15-12-20(13-16-30)28-24-22(26)7-4-14-27-24/h4,7-11,14,19-20,33H,2-3,5-6,12-13,15-17,26H2,1H3,(H,27,28)(H,29,31). The zero-order chi connectivity index (χ0) is 24.3. The van der Waals surface area contributed by atoms with E-state index in [2.05, 4.69) is 10.3 Å². The molecule has 1 aliphatic heterocycles. The topological polar surface area (TPSA) is 130 Å². The first-order valence-electron chi connectivity index (χ1n) is 11.9. The molecular weight excluding hydrogens is 434 g/mol. The summed E-state index contributed by atoms with van der Waals surface area (Å²) in [5, 5.41) is 12.3. The van der Waals surface area contributed by atoms with E-state index in [0.717, 1.165) is 37.0 Å². The lowest BCUT2D eigenvalue weighted by molar-refractivity contribution is -0.141. The minimum Gasteiger partial charge on any atom is -0.494 e. The maximum absolute atomic E-state index is 13.2. The van der Waals surface area contributed by atoms with E-state index in [-0.39, 0.29) is 18.4 Å². The van der Waals surface area contributed by atoms with E-state index in [1.165, 1.54) is 0 Å². The molecule has 1 unspecified atom stereocenters. The third kappa shape index (κ3) is 7.34. The first-order valence-corrected chi connectivity index (χ1v) is 11.9. The second-order valence-electron chi connectivity index (χ2n) is 8.59. The predicted octanol–water partition coefficient (Wildman–Crippen LogP) is 3.00. The molecule has 2 heterocycles. The molecule has 0 bridgehead atoms. The Morgan fingerprint density at radius 3 is 2.62 bits per heavy atom. The summed E-state index contributed by atoms with van der Waals surface area (Å²) < 4.78 is 5.47. The molecule has 1 atom stereocenters. The van der Waals surface area contributed by atoms with Gasteiger partial charge in [-0.1, -0.05) is 12.1 Å². The molecule has 1 fully saturated rings. The number of benzene rings is 1. The van der Waals surface area contributed by atoms with Crippen LogP contribution in [0.2, 0.25) is 0 Å². The van der Waals surface area contributed by atoms with E-state index in [9.17, 15) is 9.59 Å². The molecule has 5 N–H and O–H groups in total. The molecular formula is C25H35N5O4. The van der Waals surface area contributed by atoms with Crippen LogP contribution in [-0.4, -0.2) is 52.6 Å². The van der Waals surface area contributed by atoms with E-state index >= 15 is 0 Å². The maximum Gasteiger partial charge on any atom is 0.244 e. The average Bonchev–Trinajstić information content (AvgIpc) is 2.86. The number of hydrogen-bond donors (Lipinski definition) is 4. The smallest absolute Gasteiger partial charge is 0.244 e. The summed E-state index contributed by atoms with van der Waals surface area (Å²) >= 11 is 0. The van der Waals surface area contributed by atoms with Gasteiger partial charge in [-0.25, -0.2) is 10.5 Å². The third-order valence-electron chi connectivity index (χ3n) is 6.14. The number of piperidine rings is 1. The lowest BCUT2D eigenvalue weighted by Crippen LogP contribution is -2.45. The zero-order valence-corrected chi connectivity index (χ0v) is 19.7. The third-order valence-corrected chi connectivity index (χ3v) is 6.14. The van der Waals surface area contributed by atoms with Gasteiger partial charge in [0.15, 0.2) is 0 Å². The Hall–Kier alpha value is -3.33. The van der Waals surface area contributed by atoms with Crippen molar-refractivity contribution >= 4 is 23.3 Å². The lowest BCUT2D eigenvalue weighted by Gasteiger charge is -2.35. The zero-order valence-electron chi connectivity index (χ0n) is 19.7. The number of nitrogens with zero attached hydrogens (tertiary/aromatic N) is 2. The summed E-state index contributed by atoms with van der Waals surface area (Å²) in [4.78, 5) is 31.2. The van der Waals surface area contributed by atoms with Crippen LogP contribution in [0, 0.1) is 5.92 Å². The fourth-order valence-corrected chi connectivity index (χ4v) is 4.29. The minimum atomic E-state index is -0.540. The molecule has 0 spiro atoms. The molecule has 184 valence electrons. The summed E-state index contributed by atoms with van der Waals surface area (Å²) in [5.74, 6) is 0.458. The number of aryl methyl sites for hydroxylation is 1. The SMILES string of the molecule is CCOc1ccc(CCCC(CC(=O)NO)C(=O)N2CCC(Nc3ncccc3N)CC2)cc1. The number of likely N-dealkylation sites (tertiary alicyclic amines) is 1. The number of ether oxygens (including phenoxy) is 1. The van der Waals surface area contributed by atoms with E-state index in [1.807, 2.05) is 36.1 Å². The molecule has 0 saturated carbocycles. The van der Waals surface area contributed by atoms with Gasteiger partial charge in [0.2, 0.25) is 11.8 Å². The van der Waals surface area contributed by atoms with E-state index < -0.39 is 11.8 Å². The number of anilines is 2. The Labute approximate surface area is 200 Å². The number of nitrogens with two attached hydrogens (primary N) is 1. The van der Waals surface area contributed by atoms with Crippen molar-refractivity contribution in [2.75, 3.05) is 30.7 Å². The first-order chi connectivity index (χ1) is 16.5. The van der Waals surface area contributed by atoms with Crippen molar-refractivity contribution in [3.8, 4) is 5.75 Å². The van der Waals surface area contributed by atoms with Crippen molar-refractivity contribution in [2.24, 2.45) is 5.92 Å². The van der Waals surface area contributed by atoms with Crippen LogP contribution in [0.3, 0.4) is 0 Å². The van der Waals surface area contributed by atoms with Crippen molar-refractivity contribution < 1.29 is 19.5 Å². The van der Waals surface area contributed by atoms with Gasteiger partial charge in [0.05, 0.1) is 12.3 Å². The number of nitrogens with one attached hydrogen (secondary N) is 2. The molecule has 0 radical (unpaired) electrons. The van der Waals surface area contributed by atoms with Gasteiger partial charge in [0.1, 0.15) is 11.6 Å². The molecule has 9 heteroatoms. The molecule has 3 rings (SSSR count). The van der Waals surface area contributed by atoms with Crippen molar-refractivity contribution in [3.63, 3.8) is 0 Å². The number of hydroxylamine groups is 1. The van der Waals surface area contributed by atoms with Crippen LogP contribution in [-0.2, 0) is 16.0 Å². The van der Waals surface area contributed by atoms with Crippen LogP contribution < -0.4 is 21.3 Å². The number of rotatable bonds is 11. The van der Waals surface area contributed by atoms with Crippen LogP contribution >= 0.6 is 0 Å². The summed E-state index contributed by atoms with van der Waals surface area (Å²) in [6.45, 7) is 3.77. The van der Waals surface area contributed by atoms with Gasteiger partial charge in [0.25, 0.3) is 0 Å². The van der Waals surface area contributed by atoms with E-state index in [4.69, 9.17) is 15.7 Å². The number of carbonyl (C=O) groups is 2. The summed E-state index contributed by atoms with van der Waals surface area (Å²) in [5.41, 5.74) is 9.39. The van der Waals surface area contributed by atoms with Gasteiger partial charge in [-0.15, -0.1) is 0 Å². The first kappa shape index (κ1) is 25.3. The van der Waals surface area contributed by atoms with Gasteiger partial charge < -0.3 is 20.7 Å². The maximum atomic E-state index is 13.2.